The number of hydrogen-bond donors (Lipinski definition) is 2. The maximum Gasteiger partial charge on any atom is 0.220 e. The van der Waals surface area contributed by atoms with Gasteiger partial charge in [-0.15, -0.1) is 0 Å². The minimum Gasteiger partial charge on any atom is -0.396 e. The number of aliphatic hydroxyl groups is 1. The molecule has 0 heterocycles. The Morgan fingerprint density at radius 2 is 1.83 bits per heavy atom. The molecule has 0 aliphatic rings. The number of nitriles is 1. The number of nitrogens with one attached hydrogen (secondary N) is 1. The molecule has 1 unspecified atom stereocenters. The van der Waals surface area contributed by atoms with Gasteiger partial charge in [0, 0.05) is 13.0 Å². The standard InChI is InChI=1S/C19H20N2O2/c20-14-16-8-6-15(7-9-16)10-11-19(23)21-18(12-13-22)17-4-2-1-3-5-17/h1-9,18,22H,10-13H2,(H,21,23). The topological polar surface area (TPSA) is 73.1 Å². The lowest BCUT2D eigenvalue weighted by Crippen LogP contribution is -2.29. The van der Waals surface area contributed by atoms with E-state index in [1.54, 1.807) is 12.1 Å². The third kappa shape index (κ3) is 5.24. The highest BCUT2D eigenvalue weighted by molar-refractivity contribution is 5.76. The fraction of sp³-hybridized carbons (Fsp3) is 0.263. The van der Waals surface area contributed by atoms with E-state index in [9.17, 15) is 9.90 Å². The highest BCUT2D eigenvalue weighted by Crippen LogP contribution is 2.16. The van der Waals surface area contributed by atoms with Crippen LogP contribution in [0.15, 0.2) is 54.6 Å². The molecule has 0 aromatic heterocycles. The van der Waals surface area contributed by atoms with Crippen molar-refractivity contribution in [3.05, 3.63) is 71.3 Å². The molecule has 2 aromatic carbocycles. The Balaban J connectivity index is 1.90. The van der Waals surface area contributed by atoms with Gasteiger partial charge in [0.15, 0.2) is 0 Å². The van der Waals surface area contributed by atoms with Crippen molar-refractivity contribution in [2.75, 3.05) is 6.61 Å². The molecule has 118 valence electrons. The summed E-state index contributed by atoms with van der Waals surface area (Å²) >= 11 is 0. The van der Waals surface area contributed by atoms with Crippen molar-refractivity contribution in [3.8, 4) is 6.07 Å². The molecular formula is C19H20N2O2. The van der Waals surface area contributed by atoms with Gasteiger partial charge in [0.05, 0.1) is 17.7 Å². The van der Waals surface area contributed by atoms with Crippen LogP contribution >= 0.6 is 0 Å². The van der Waals surface area contributed by atoms with Gasteiger partial charge in [-0.2, -0.15) is 5.26 Å². The van der Waals surface area contributed by atoms with Gasteiger partial charge in [-0.1, -0.05) is 42.5 Å². The van der Waals surface area contributed by atoms with E-state index >= 15 is 0 Å². The molecule has 0 aliphatic carbocycles. The molecule has 0 saturated heterocycles. The molecule has 1 amide bonds. The Morgan fingerprint density at radius 1 is 1.13 bits per heavy atom. The second-order valence-corrected chi connectivity index (χ2v) is 5.35. The average Bonchev–Trinajstić information content (AvgIpc) is 2.61. The van der Waals surface area contributed by atoms with Crippen LogP contribution in [0.25, 0.3) is 0 Å². The minimum absolute atomic E-state index is 0.0233. The van der Waals surface area contributed by atoms with Crippen molar-refractivity contribution in [1.29, 1.82) is 5.26 Å². The third-order valence-electron chi connectivity index (χ3n) is 3.68. The van der Waals surface area contributed by atoms with Crippen LogP contribution in [0, 0.1) is 11.3 Å². The first-order chi connectivity index (χ1) is 11.2. The van der Waals surface area contributed by atoms with Gasteiger partial charge in [0.2, 0.25) is 5.91 Å². The fourth-order valence-corrected chi connectivity index (χ4v) is 2.41. The average molecular weight is 308 g/mol. The first kappa shape index (κ1) is 16.7. The lowest BCUT2D eigenvalue weighted by Gasteiger charge is -2.18. The van der Waals surface area contributed by atoms with Crippen molar-refractivity contribution in [1.82, 2.24) is 5.32 Å². The van der Waals surface area contributed by atoms with Crippen molar-refractivity contribution >= 4 is 5.91 Å². The molecule has 0 fully saturated rings. The first-order valence-electron chi connectivity index (χ1n) is 7.67. The van der Waals surface area contributed by atoms with Gasteiger partial charge >= 0.3 is 0 Å². The van der Waals surface area contributed by atoms with E-state index in [0.717, 1.165) is 11.1 Å². The van der Waals surface area contributed by atoms with E-state index in [4.69, 9.17) is 5.26 Å². The quantitative estimate of drug-likeness (QED) is 0.826. The summed E-state index contributed by atoms with van der Waals surface area (Å²) in [6, 6.07) is 18.8. The van der Waals surface area contributed by atoms with E-state index in [0.29, 0.717) is 24.8 Å². The Hall–Kier alpha value is -2.64. The highest BCUT2D eigenvalue weighted by Gasteiger charge is 2.13. The second kappa shape index (κ2) is 8.72. The molecule has 0 saturated carbocycles. The summed E-state index contributed by atoms with van der Waals surface area (Å²) in [5.41, 5.74) is 2.64. The predicted molar refractivity (Wildman–Crippen MR) is 88.5 cm³/mol. The first-order valence-corrected chi connectivity index (χ1v) is 7.67. The Kier molecular flexibility index (Phi) is 6.34. The number of rotatable bonds is 7. The zero-order valence-electron chi connectivity index (χ0n) is 12.9. The lowest BCUT2D eigenvalue weighted by molar-refractivity contribution is -0.121. The Labute approximate surface area is 136 Å². The molecule has 2 rings (SSSR count). The summed E-state index contributed by atoms with van der Waals surface area (Å²) in [6.07, 6.45) is 1.49. The Morgan fingerprint density at radius 3 is 2.43 bits per heavy atom. The summed E-state index contributed by atoms with van der Waals surface area (Å²) in [5.74, 6) is -0.0448. The number of aliphatic hydroxyl groups excluding tert-OH is 1. The molecule has 4 nitrogen and oxygen atoms in total. The maximum absolute atomic E-state index is 12.2. The monoisotopic (exact) mass is 308 g/mol. The number of aryl methyl sites for hydroxylation is 1. The zero-order valence-corrected chi connectivity index (χ0v) is 12.9. The number of hydrogen-bond acceptors (Lipinski definition) is 3. The van der Waals surface area contributed by atoms with Crippen LogP contribution in [0.5, 0.6) is 0 Å². The molecule has 0 radical (unpaired) electrons. The largest absolute Gasteiger partial charge is 0.396 e. The van der Waals surface area contributed by atoms with Crippen LogP contribution in [0.4, 0.5) is 0 Å². The van der Waals surface area contributed by atoms with Crippen LogP contribution < -0.4 is 5.32 Å². The van der Waals surface area contributed by atoms with Gasteiger partial charge in [-0.3, -0.25) is 4.79 Å². The van der Waals surface area contributed by atoms with Gasteiger partial charge in [0.25, 0.3) is 0 Å². The summed E-state index contributed by atoms with van der Waals surface area (Å²) in [7, 11) is 0. The highest BCUT2D eigenvalue weighted by atomic mass is 16.3. The third-order valence-corrected chi connectivity index (χ3v) is 3.68. The molecule has 23 heavy (non-hydrogen) atoms. The van der Waals surface area contributed by atoms with E-state index in [1.807, 2.05) is 42.5 Å². The van der Waals surface area contributed by atoms with Crippen molar-refractivity contribution in [3.63, 3.8) is 0 Å². The minimum atomic E-state index is -0.172. The normalized spacial score (nSPS) is 11.5. The molecule has 0 bridgehead atoms. The molecule has 4 heteroatoms. The molecule has 0 aliphatic heterocycles. The maximum atomic E-state index is 12.2. The van der Waals surface area contributed by atoms with E-state index in [2.05, 4.69) is 11.4 Å². The number of amides is 1. The van der Waals surface area contributed by atoms with Crippen LogP contribution in [-0.2, 0) is 11.2 Å². The lowest BCUT2D eigenvalue weighted by atomic mass is 10.0. The predicted octanol–water partition coefficient (Wildman–Crippen LogP) is 2.73. The second-order valence-electron chi connectivity index (χ2n) is 5.35. The fourth-order valence-electron chi connectivity index (χ4n) is 2.41. The number of nitrogens with zero attached hydrogens (tertiary/aromatic N) is 1. The van der Waals surface area contributed by atoms with Crippen LogP contribution in [0.2, 0.25) is 0 Å². The molecule has 1 atom stereocenters. The summed E-state index contributed by atoms with van der Waals surface area (Å²) < 4.78 is 0. The number of carbonyl (C=O) groups excluding carboxylic acids is 1. The zero-order chi connectivity index (χ0) is 16.5. The molecular weight excluding hydrogens is 288 g/mol. The van der Waals surface area contributed by atoms with Crippen LogP contribution in [0.1, 0.15) is 35.6 Å². The van der Waals surface area contributed by atoms with E-state index in [1.165, 1.54) is 0 Å². The number of benzene rings is 2. The van der Waals surface area contributed by atoms with E-state index < -0.39 is 0 Å². The van der Waals surface area contributed by atoms with Crippen LogP contribution in [-0.4, -0.2) is 17.6 Å². The van der Waals surface area contributed by atoms with Gasteiger partial charge in [-0.05, 0) is 36.1 Å². The molecule has 0 spiro atoms. The van der Waals surface area contributed by atoms with E-state index in [-0.39, 0.29) is 18.6 Å². The summed E-state index contributed by atoms with van der Waals surface area (Å²) in [4.78, 5) is 12.2. The smallest absolute Gasteiger partial charge is 0.220 e. The van der Waals surface area contributed by atoms with Gasteiger partial charge in [-0.25, -0.2) is 0 Å². The summed E-state index contributed by atoms with van der Waals surface area (Å²) in [6.45, 7) is 0.0233. The molecule has 2 N–H and O–H groups in total. The number of carbonyl (C=O) groups is 1. The van der Waals surface area contributed by atoms with Crippen molar-refractivity contribution in [2.45, 2.75) is 25.3 Å². The molecule has 2 aromatic rings. The van der Waals surface area contributed by atoms with Gasteiger partial charge in [0.1, 0.15) is 0 Å². The van der Waals surface area contributed by atoms with Crippen molar-refractivity contribution < 1.29 is 9.90 Å². The van der Waals surface area contributed by atoms with Crippen LogP contribution in [0.3, 0.4) is 0 Å². The van der Waals surface area contributed by atoms with Crippen molar-refractivity contribution in [2.24, 2.45) is 0 Å². The van der Waals surface area contributed by atoms with Gasteiger partial charge < -0.3 is 10.4 Å². The SMILES string of the molecule is N#Cc1ccc(CCC(=O)NC(CCO)c2ccccc2)cc1. The summed E-state index contributed by atoms with van der Waals surface area (Å²) in [5, 5.41) is 20.9. The Bertz CT molecular complexity index is 660.